The first-order chi connectivity index (χ1) is 8.65. The van der Waals surface area contributed by atoms with Crippen LogP contribution < -0.4 is 0 Å². The number of H-pyrrole nitrogens is 1. The molecule has 2 heterocycles. The summed E-state index contributed by atoms with van der Waals surface area (Å²) in [6.45, 7) is 0.479. The third-order valence-electron chi connectivity index (χ3n) is 2.71. The van der Waals surface area contributed by atoms with Crippen LogP contribution in [0.1, 0.15) is 5.76 Å². The van der Waals surface area contributed by atoms with Crippen LogP contribution in [0.4, 0.5) is 4.39 Å². The summed E-state index contributed by atoms with van der Waals surface area (Å²) in [6, 6.07) is 6.80. The number of benzene rings is 1. The summed E-state index contributed by atoms with van der Waals surface area (Å²) in [5.74, 6) is 0.458. The minimum absolute atomic E-state index is 0.315. The van der Waals surface area contributed by atoms with E-state index in [9.17, 15) is 4.39 Å². The maximum atomic E-state index is 13.6. The molecule has 3 nitrogen and oxygen atoms in total. The molecule has 0 unspecified atom stereocenters. The van der Waals surface area contributed by atoms with Gasteiger partial charge in [-0.05, 0) is 46.3 Å². The van der Waals surface area contributed by atoms with Crippen LogP contribution in [0.3, 0.4) is 0 Å². The monoisotopic (exact) mass is 326 g/mol. The van der Waals surface area contributed by atoms with Crippen molar-refractivity contribution in [2.24, 2.45) is 0 Å². The fourth-order valence-corrected chi connectivity index (χ4v) is 2.48. The number of imidazole rings is 1. The van der Waals surface area contributed by atoms with Gasteiger partial charge in [-0.2, -0.15) is 0 Å². The van der Waals surface area contributed by atoms with Crippen molar-refractivity contribution in [1.29, 1.82) is 0 Å². The Kier molecular flexibility index (Phi) is 2.83. The van der Waals surface area contributed by atoms with Crippen LogP contribution in [0, 0.1) is 10.6 Å². The van der Waals surface area contributed by atoms with Gasteiger partial charge < -0.3 is 14.0 Å². The summed E-state index contributed by atoms with van der Waals surface area (Å²) in [7, 11) is 0. The van der Waals surface area contributed by atoms with Gasteiger partial charge in [-0.1, -0.05) is 0 Å². The van der Waals surface area contributed by atoms with Gasteiger partial charge in [-0.3, -0.25) is 0 Å². The summed E-state index contributed by atoms with van der Waals surface area (Å²) < 4.78 is 21.6. The first-order valence-electron chi connectivity index (χ1n) is 5.25. The molecule has 92 valence electrons. The lowest BCUT2D eigenvalue weighted by molar-refractivity contribution is 0.495. The average molecular weight is 327 g/mol. The molecule has 0 aliphatic carbocycles. The number of nitrogens with one attached hydrogen (secondary N) is 1. The van der Waals surface area contributed by atoms with E-state index in [-0.39, 0.29) is 5.82 Å². The lowest BCUT2D eigenvalue weighted by Crippen LogP contribution is -1.98. The third-order valence-corrected chi connectivity index (χ3v) is 3.64. The zero-order valence-corrected chi connectivity index (χ0v) is 11.5. The molecule has 1 aromatic carbocycles. The number of hydrogen-bond donors (Lipinski definition) is 1. The van der Waals surface area contributed by atoms with Crippen molar-refractivity contribution in [1.82, 2.24) is 9.55 Å². The lowest BCUT2D eigenvalue weighted by atomic mass is 10.3. The van der Waals surface area contributed by atoms with Crippen molar-refractivity contribution in [2.45, 2.75) is 6.54 Å². The first kappa shape index (κ1) is 11.7. The van der Waals surface area contributed by atoms with Crippen molar-refractivity contribution >= 4 is 39.2 Å². The van der Waals surface area contributed by atoms with Gasteiger partial charge in [0, 0.05) is 6.07 Å². The predicted molar refractivity (Wildman–Crippen MR) is 72.6 cm³/mol. The molecule has 0 aliphatic heterocycles. The third kappa shape index (κ3) is 1.91. The largest absolute Gasteiger partial charge is 0.467 e. The van der Waals surface area contributed by atoms with Gasteiger partial charge in [0.1, 0.15) is 11.6 Å². The molecule has 2 aromatic heterocycles. The number of rotatable bonds is 2. The summed E-state index contributed by atoms with van der Waals surface area (Å²) in [6.07, 6.45) is 1.60. The molecule has 0 spiro atoms. The van der Waals surface area contributed by atoms with E-state index < -0.39 is 0 Å². The number of furan rings is 1. The maximum absolute atomic E-state index is 13.6. The number of aromatic nitrogens is 2. The molecule has 6 heteroatoms. The standard InChI is InChI=1S/C12H8BrFN2OS/c13-8-4-10-11(5-9(8)14)16(12(18)15-10)6-7-2-1-3-17-7/h1-5H,6H2,(H,15,18). The lowest BCUT2D eigenvalue weighted by Gasteiger charge is -2.02. The Labute approximate surface area is 115 Å². The molecule has 0 aliphatic rings. The van der Waals surface area contributed by atoms with Crippen LogP contribution in [-0.2, 0) is 6.54 Å². The predicted octanol–water partition coefficient (Wildman–Crippen LogP) is 4.24. The number of fused-ring (bicyclic) bond motifs is 1. The molecule has 0 radical (unpaired) electrons. The highest BCUT2D eigenvalue weighted by atomic mass is 79.9. The van der Waals surface area contributed by atoms with Crippen molar-refractivity contribution < 1.29 is 8.81 Å². The summed E-state index contributed by atoms with van der Waals surface area (Å²) in [5, 5.41) is 0. The Morgan fingerprint density at radius 2 is 2.28 bits per heavy atom. The topological polar surface area (TPSA) is 33.9 Å². The van der Waals surface area contributed by atoms with Gasteiger partial charge >= 0.3 is 0 Å². The molecule has 0 amide bonds. The van der Waals surface area contributed by atoms with Crippen LogP contribution in [0.5, 0.6) is 0 Å². The van der Waals surface area contributed by atoms with Crippen LogP contribution in [0.2, 0.25) is 0 Å². The number of halogens is 2. The molecular weight excluding hydrogens is 319 g/mol. The minimum atomic E-state index is -0.315. The quantitative estimate of drug-likeness (QED) is 0.714. The van der Waals surface area contributed by atoms with Crippen molar-refractivity contribution in [3.63, 3.8) is 0 Å². The van der Waals surface area contributed by atoms with E-state index in [1.165, 1.54) is 6.07 Å². The van der Waals surface area contributed by atoms with Crippen molar-refractivity contribution in [3.8, 4) is 0 Å². The minimum Gasteiger partial charge on any atom is -0.467 e. The molecule has 0 saturated carbocycles. The molecule has 0 atom stereocenters. The second kappa shape index (κ2) is 4.37. The van der Waals surface area contributed by atoms with E-state index in [0.29, 0.717) is 15.8 Å². The Bertz CT molecular complexity index is 760. The molecule has 3 rings (SSSR count). The highest BCUT2D eigenvalue weighted by Crippen LogP contribution is 2.23. The smallest absolute Gasteiger partial charge is 0.178 e. The molecule has 0 bridgehead atoms. The fraction of sp³-hybridized carbons (Fsp3) is 0.0833. The Morgan fingerprint density at radius 1 is 1.44 bits per heavy atom. The van der Waals surface area contributed by atoms with Gasteiger partial charge in [0.2, 0.25) is 0 Å². The highest BCUT2D eigenvalue weighted by molar-refractivity contribution is 9.10. The van der Waals surface area contributed by atoms with E-state index in [0.717, 1.165) is 16.8 Å². The zero-order valence-electron chi connectivity index (χ0n) is 9.11. The van der Waals surface area contributed by atoms with Crippen LogP contribution in [0.25, 0.3) is 11.0 Å². The van der Waals surface area contributed by atoms with Crippen LogP contribution >= 0.6 is 28.1 Å². The van der Waals surface area contributed by atoms with Gasteiger partial charge in [0.05, 0.1) is 28.3 Å². The highest BCUT2D eigenvalue weighted by Gasteiger charge is 2.10. The van der Waals surface area contributed by atoms with Crippen LogP contribution in [-0.4, -0.2) is 9.55 Å². The van der Waals surface area contributed by atoms with E-state index >= 15 is 0 Å². The Hall–Kier alpha value is -1.40. The van der Waals surface area contributed by atoms with Crippen molar-refractivity contribution in [2.75, 3.05) is 0 Å². The SMILES string of the molecule is Fc1cc2c(cc1Br)[nH]c(=S)n2Cc1ccco1. The Morgan fingerprint density at radius 3 is 3.00 bits per heavy atom. The molecule has 0 saturated heterocycles. The molecular formula is C12H8BrFN2OS. The van der Waals surface area contributed by atoms with E-state index in [4.69, 9.17) is 16.6 Å². The molecule has 18 heavy (non-hydrogen) atoms. The maximum Gasteiger partial charge on any atom is 0.178 e. The normalized spacial score (nSPS) is 11.2. The second-order valence-electron chi connectivity index (χ2n) is 3.88. The second-order valence-corrected chi connectivity index (χ2v) is 5.12. The van der Waals surface area contributed by atoms with Gasteiger partial charge in [0.25, 0.3) is 0 Å². The number of nitrogens with zero attached hydrogens (tertiary/aromatic N) is 1. The van der Waals surface area contributed by atoms with Gasteiger partial charge in [-0.25, -0.2) is 4.39 Å². The summed E-state index contributed by atoms with van der Waals surface area (Å²) in [4.78, 5) is 3.05. The van der Waals surface area contributed by atoms with E-state index in [2.05, 4.69) is 20.9 Å². The fourth-order valence-electron chi connectivity index (χ4n) is 1.87. The zero-order chi connectivity index (χ0) is 12.7. The molecule has 1 N–H and O–H groups in total. The molecule has 3 aromatic rings. The van der Waals surface area contributed by atoms with E-state index in [1.807, 2.05) is 12.1 Å². The Balaban J connectivity index is 2.19. The van der Waals surface area contributed by atoms with E-state index in [1.54, 1.807) is 16.9 Å². The summed E-state index contributed by atoms with van der Waals surface area (Å²) in [5.41, 5.74) is 1.51. The van der Waals surface area contributed by atoms with Gasteiger partial charge in [-0.15, -0.1) is 0 Å². The number of aromatic amines is 1. The number of hydrogen-bond acceptors (Lipinski definition) is 2. The average Bonchev–Trinajstić information content (AvgIpc) is 2.92. The first-order valence-corrected chi connectivity index (χ1v) is 6.45. The molecule has 0 fully saturated rings. The van der Waals surface area contributed by atoms with Crippen molar-refractivity contribution in [3.05, 3.63) is 51.3 Å². The van der Waals surface area contributed by atoms with Gasteiger partial charge in [0.15, 0.2) is 4.77 Å². The summed E-state index contributed by atoms with van der Waals surface area (Å²) >= 11 is 8.39. The van der Waals surface area contributed by atoms with Crippen LogP contribution in [0.15, 0.2) is 39.4 Å².